The average Bonchev–Trinajstić information content (AvgIpc) is 2.89. The van der Waals surface area contributed by atoms with E-state index in [4.69, 9.17) is 11.6 Å². The number of halogens is 1. The van der Waals surface area contributed by atoms with Gasteiger partial charge in [0.2, 0.25) is 0 Å². The Labute approximate surface area is 132 Å². The van der Waals surface area contributed by atoms with Crippen LogP contribution in [0.4, 0.5) is 0 Å². The highest BCUT2D eigenvalue weighted by Crippen LogP contribution is 2.21. The molecule has 2 aromatic rings. The second-order valence-corrected chi connectivity index (χ2v) is 5.94. The van der Waals surface area contributed by atoms with Crippen LogP contribution in [0.25, 0.3) is 0 Å². The van der Waals surface area contributed by atoms with Gasteiger partial charge < -0.3 is 5.32 Å². The fraction of sp³-hybridized carbons (Fsp3) is 0.471. The van der Waals surface area contributed by atoms with Crippen molar-refractivity contribution in [1.82, 2.24) is 15.1 Å². The third-order valence-corrected chi connectivity index (χ3v) is 4.12. The monoisotopic (exact) mass is 305 g/mol. The maximum atomic E-state index is 6.29. The summed E-state index contributed by atoms with van der Waals surface area (Å²) in [6.07, 6.45) is 7.28. The Hall–Kier alpha value is -1.32. The van der Waals surface area contributed by atoms with Crippen molar-refractivity contribution >= 4 is 11.6 Å². The number of hydrogen-bond acceptors (Lipinski definition) is 2. The van der Waals surface area contributed by atoms with E-state index in [-0.39, 0.29) is 0 Å². The lowest BCUT2D eigenvalue weighted by atomic mass is 9.93. The molecule has 1 aromatic heterocycles. The zero-order valence-corrected chi connectivity index (χ0v) is 13.6. The maximum absolute atomic E-state index is 6.29. The van der Waals surface area contributed by atoms with E-state index in [1.807, 2.05) is 30.1 Å². The van der Waals surface area contributed by atoms with Crippen LogP contribution in [-0.4, -0.2) is 22.9 Å². The van der Waals surface area contributed by atoms with Crippen molar-refractivity contribution in [2.75, 3.05) is 13.1 Å². The molecule has 0 saturated heterocycles. The van der Waals surface area contributed by atoms with Gasteiger partial charge in [0, 0.05) is 18.3 Å². The normalized spacial score (nSPS) is 12.5. The Bertz CT molecular complexity index is 550. The molecule has 3 nitrogen and oxygen atoms in total. The highest BCUT2D eigenvalue weighted by Gasteiger charge is 2.12. The van der Waals surface area contributed by atoms with Crippen LogP contribution >= 0.6 is 11.6 Å². The number of nitrogens with one attached hydrogen (secondary N) is 1. The van der Waals surface area contributed by atoms with E-state index in [1.54, 1.807) is 0 Å². The zero-order chi connectivity index (χ0) is 15.1. The molecular weight excluding hydrogens is 282 g/mol. The Morgan fingerprint density at radius 3 is 2.81 bits per heavy atom. The van der Waals surface area contributed by atoms with Gasteiger partial charge in [-0.15, -0.1) is 0 Å². The molecule has 0 spiro atoms. The van der Waals surface area contributed by atoms with Gasteiger partial charge in [0.15, 0.2) is 0 Å². The number of hydrogen-bond donors (Lipinski definition) is 1. The number of nitrogens with zero attached hydrogens (tertiary/aromatic N) is 2. The van der Waals surface area contributed by atoms with Crippen LogP contribution in [0.15, 0.2) is 36.7 Å². The Kier molecular flexibility index (Phi) is 6.27. The maximum Gasteiger partial charge on any atom is 0.0521 e. The predicted molar refractivity (Wildman–Crippen MR) is 88.7 cm³/mol. The minimum Gasteiger partial charge on any atom is -0.317 e. The summed E-state index contributed by atoms with van der Waals surface area (Å²) < 4.78 is 1.86. The van der Waals surface area contributed by atoms with Crippen molar-refractivity contribution in [3.05, 3.63) is 52.8 Å². The van der Waals surface area contributed by atoms with Gasteiger partial charge in [-0.3, -0.25) is 4.68 Å². The van der Waals surface area contributed by atoms with Crippen molar-refractivity contribution in [1.29, 1.82) is 0 Å². The van der Waals surface area contributed by atoms with Crippen molar-refractivity contribution in [2.24, 2.45) is 13.0 Å². The molecule has 0 aliphatic carbocycles. The summed E-state index contributed by atoms with van der Waals surface area (Å²) in [5, 5.41) is 8.58. The van der Waals surface area contributed by atoms with Crippen molar-refractivity contribution in [3.8, 4) is 0 Å². The van der Waals surface area contributed by atoms with Gasteiger partial charge in [-0.05, 0) is 55.5 Å². The molecule has 4 heteroatoms. The number of benzene rings is 1. The number of rotatable bonds is 8. The highest BCUT2D eigenvalue weighted by atomic mass is 35.5. The first kappa shape index (κ1) is 16.1. The van der Waals surface area contributed by atoms with Gasteiger partial charge in [-0.25, -0.2) is 0 Å². The quantitative estimate of drug-likeness (QED) is 0.809. The average molecular weight is 306 g/mol. The molecule has 1 heterocycles. The highest BCUT2D eigenvalue weighted by molar-refractivity contribution is 6.31. The molecule has 114 valence electrons. The first-order valence-corrected chi connectivity index (χ1v) is 7.98. The summed E-state index contributed by atoms with van der Waals surface area (Å²) in [5.41, 5.74) is 2.55. The first-order chi connectivity index (χ1) is 10.2. The summed E-state index contributed by atoms with van der Waals surface area (Å²) in [7, 11) is 1.96. The van der Waals surface area contributed by atoms with E-state index < -0.39 is 0 Å². The Balaban J connectivity index is 1.95. The van der Waals surface area contributed by atoms with E-state index in [0.29, 0.717) is 5.92 Å². The van der Waals surface area contributed by atoms with Gasteiger partial charge in [-0.1, -0.05) is 36.7 Å². The van der Waals surface area contributed by atoms with Crippen LogP contribution < -0.4 is 5.32 Å². The minimum absolute atomic E-state index is 0.588. The lowest BCUT2D eigenvalue weighted by Gasteiger charge is -2.18. The molecule has 21 heavy (non-hydrogen) atoms. The van der Waals surface area contributed by atoms with Crippen molar-refractivity contribution < 1.29 is 0 Å². The minimum atomic E-state index is 0.588. The summed E-state index contributed by atoms with van der Waals surface area (Å²) >= 11 is 6.29. The summed E-state index contributed by atoms with van der Waals surface area (Å²) in [5.74, 6) is 0.588. The second kappa shape index (κ2) is 8.20. The zero-order valence-electron chi connectivity index (χ0n) is 12.8. The Morgan fingerprint density at radius 2 is 2.14 bits per heavy atom. The Morgan fingerprint density at radius 1 is 1.33 bits per heavy atom. The predicted octanol–water partition coefficient (Wildman–Crippen LogP) is 3.47. The van der Waals surface area contributed by atoms with E-state index in [0.717, 1.165) is 37.4 Å². The fourth-order valence-electron chi connectivity index (χ4n) is 2.57. The SMILES string of the molecule is CCNCC(CCc1cnn(C)c1)Cc1ccccc1Cl. The molecule has 1 N–H and O–H groups in total. The van der Waals surface area contributed by atoms with Crippen LogP contribution in [0.5, 0.6) is 0 Å². The van der Waals surface area contributed by atoms with Gasteiger partial charge in [-0.2, -0.15) is 5.10 Å². The van der Waals surface area contributed by atoms with Crippen LogP contribution in [0, 0.1) is 5.92 Å². The van der Waals surface area contributed by atoms with Crippen molar-refractivity contribution in [2.45, 2.75) is 26.2 Å². The molecule has 0 radical (unpaired) electrons. The third kappa shape index (κ3) is 5.18. The molecule has 0 fully saturated rings. The molecule has 0 bridgehead atoms. The van der Waals surface area contributed by atoms with Gasteiger partial charge in [0.25, 0.3) is 0 Å². The second-order valence-electron chi connectivity index (χ2n) is 5.53. The standard InChI is InChI=1S/C17H24ClN3/c1-3-19-11-14(8-9-15-12-20-21(2)13-15)10-16-6-4-5-7-17(16)18/h4-7,12-14,19H,3,8-11H2,1-2H3. The van der Waals surface area contributed by atoms with E-state index in [1.165, 1.54) is 11.1 Å². The largest absolute Gasteiger partial charge is 0.317 e. The molecule has 0 saturated carbocycles. The molecule has 0 aliphatic heterocycles. The number of aryl methyl sites for hydroxylation is 2. The van der Waals surface area contributed by atoms with Gasteiger partial charge in [0.05, 0.1) is 6.20 Å². The van der Waals surface area contributed by atoms with Crippen LogP contribution in [0.1, 0.15) is 24.5 Å². The van der Waals surface area contributed by atoms with Crippen LogP contribution in [0.2, 0.25) is 5.02 Å². The topological polar surface area (TPSA) is 29.9 Å². The summed E-state index contributed by atoms with van der Waals surface area (Å²) in [6, 6.07) is 8.15. The third-order valence-electron chi connectivity index (χ3n) is 3.75. The van der Waals surface area contributed by atoms with E-state index in [2.05, 4.69) is 35.7 Å². The smallest absolute Gasteiger partial charge is 0.0521 e. The van der Waals surface area contributed by atoms with Gasteiger partial charge in [0.1, 0.15) is 0 Å². The lowest BCUT2D eigenvalue weighted by Crippen LogP contribution is -2.24. The van der Waals surface area contributed by atoms with Crippen LogP contribution in [-0.2, 0) is 19.9 Å². The first-order valence-electron chi connectivity index (χ1n) is 7.60. The summed E-state index contributed by atoms with van der Waals surface area (Å²) in [6.45, 7) is 4.18. The molecule has 1 atom stereocenters. The molecule has 0 amide bonds. The van der Waals surface area contributed by atoms with Gasteiger partial charge >= 0.3 is 0 Å². The lowest BCUT2D eigenvalue weighted by molar-refractivity contribution is 0.449. The molecule has 0 aliphatic rings. The molecule has 1 unspecified atom stereocenters. The molecular formula is C17H24ClN3. The summed E-state index contributed by atoms with van der Waals surface area (Å²) in [4.78, 5) is 0. The molecule has 1 aromatic carbocycles. The van der Waals surface area contributed by atoms with E-state index in [9.17, 15) is 0 Å². The number of aromatic nitrogens is 2. The molecule has 2 rings (SSSR count). The van der Waals surface area contributed by atoms with Crippen LogP contribution in [0.3, 0.4) is 0 Å². The van der Waals surface area contributed by atoms with E-state index >= 15 is 0 Å². The van der Waals surface area contributed by atoms with Crippen molar-refractivity contribution in [3.63, 3.8) is 0 Å². The fourth-order valence-corrected chi connectivity index (χ4v) is 2.78.